The van der Waals surface area contributed by atoms with Crippen LogP contribution in [0.25, 0.3) is 0 Å². The van der Waals surface area contributed by atoms with Gasteiger partial charge in [0.1, 0.15) is 0 Å². The smallest absolute Gasteiger partial charge is 0.0436 e. The van der Waals surface area contributed by atoms with Gasteiger partial charge in [0.2, 0.25) is 0 Å². The van der Waals surface area contributed by atoms with Crippen molar-refractivity contribution in [2.24, 2.45) is 11.3 Å². The molecule has 0 heterocycles. The van der Waals surface area contributed by atoms with Crippen molar-refractivity contribution in [2.45, 2.75) is 46.0 Å². The summed E-state index contributed by atoms with van der Waals surface area (Å²) in [6.45, 7) is 5.01. The summed E-state index contributed by atoms with van der Waals surface area (Å²) in [5.41, 5.74) is 0.460. The highest BCUT2D eigenvalue weighted by atomic mass is 16.3. The number of hydrogen-bond acceptors (Lipinski definition) is 1. The molecule has 1 rings (SSSR count). The molecule has 0 saturated heterocycles. The van der Waals surface area contributed by atoms with E-state index in [0.29, 0.717) is 12.0 Å². The molecule has 1 fully saturated rings. The van der Waals surface area contributed by atoms with Gasteiger partial charge in [0.25, 0.3) is 0 Å². The summed E-state index contributed by atoms with van der Waals surface area (Å²) in [5, 5.41) is 8.85. The van der Waals surface area contributed by atoms with Gasteiger partial charge in [-0.15, -0.1) is 0 Å². The van der Waals surface area contributed by atoms with Crippen molar-refractivity contribution >= 4 is 0 Å². The first-order chi connectivity index (χ1) is 5.16. The van der Waals surface area contributed by atoms with Crippen LogP contribution in [0, 0.1) is 11.3 Å². The molecule has 0 atom stereocenters. The minimum absolute atomic E-state index is 0.366. The summed E-state index contributed by atoms with van der Waals surface area (Å²) in [4.78, 5) is 0. The van der Waals surface area contributed by atoms with Crippen molar-refractivity contribution in [1.82, 2.24) is 0 Å². The van der Waals surface area contributed by atoms with Gasteiger partial charge in [-0.3, -0.25) is 0 Å². The van der Waals surface area contributed by atoms with Gasteiger partial charge >= 0.3 is 0 Å². The Balaban J connectivity index is 2.35. The maximum absolute atomic E-state index is 8.85. The summed E-state index contributed by atoms with van der Waals surface area (Å²) in [7, 11) is 0. The van der Waals surface area contributed by atoms with Crippen LogP contribution >= 0.6 is 0 Å². The highest BCUT2D eigenvalue weighted by Crippen LogP contribution is 2.40. The SMILES string of the molecule is CC1CCC(C)(CCO)CC1. The second-order valence-corrected chi connectivity index (χ2v) is 4.47. The average molecular weight is 156 g/mol. The molecule has 11 heavy (non-hydrogen) atoms. The van der Waals surface area contributed by atoms with Crippen LogP contribution in [0.2, 0.25) is 0 Å². The molecule has 66 valence electrons. The molecular formula is C10H20O. The van der Waals surface area contributed by atoms with Gasteiger partial charge in [-0.25, -0.2) is 0 Å². The van der Waals surface area contributed by atoms with Gasteiger partial charge < -0.3 is 5.11 Å². The standard InChI is InChI=1S/C10H20O/c1-9-3-5-10(2,6-4-9)7-8-11/h9,11H,3-8H2,1-2H3. The first kappa shape index (κ1) is 9.05. The number of hydrogen-bond donors (Lipinski definition) is 1. The van der Waals surface area contributed by atoms with E-state index in [1.165, 1.54) is 25.7 Å². The van der Waals surface area contributed by atoms with E-state index < -0.39 is 0 Å². The van der Waals surface area contributed by atoms with E-state index in [4.69, 9.17) is 5.11 Å². The van der Waals surface area contributed by atoms with Crippen LogP contribution in [0.5, 0.6) is 0 Å². The first-order valence-corrected chi connectivity index (χ1v) is 4.77. The monoisotopic (exact) mass is 156 g/mol. The van der Waals surface area contributed by atoms with Gasteiger partial charge in [0, 0.05) is 6.61 Å². The maximum Gasteiger partial charge on any atom is 0.0436 e. The third-order valence-electron chi connectivity index (χ3n) is 3.20. The van der Waals surface area contributed by atoms with Crippen LogP contribution in [-0.2, 0) is 0 Å². The molecule has 0 aliphatic heterocycles. The molecule has 0 aromatic carbocycles. The molecule has 1 aliphatic carbocycles. The summed E-state index contributed by atoms with van der Waals surface area (Å²) >= 11 is 0. The minimum atomic E-state index is 0.366. The average Bonchev–Trinajstić information content (AvgIpc) is 1.97. The van der Waals surface area contributed by atoms with Crippen LogP contribution in [0.15, 0.2) is 0 Å². The van der Waals surface area contributed by atoms with Gasteiger partial charge in [0.15, 0.2) is 0 Å². The molecule has 0 spiro atoms. The molecule has 1 N–H and O–H groups in total. The Morgan fingerprint density at radius 1 is 1.36 bits per heavy atom. The van der Waals surface area contributed by atoms with Crippen molar-refractivity contribution in [2.75, 3.05) is 6.61 Å². The van der Waals surface area contributed by atoms with Crippen molar-refractivity contribution in [3.63, 3.8) is 0 Å². The molecule has 0 aromatic heterocycles. The fourth-order valence-corrected chi connectivity index (χ4v) is 1.98. The lowest BCUT2D eigenvalue weighted by atomic mass is 9.70. The Kier molecular flexibility index (Phi) is 2.94. The zero-order chi connectivity index (χ0) is 8.32. The largest absolute Gasteiger partial charge is 0.396 e. The molecule has 0 radical (unpaired) electrons. The van der Waals surface area contributed by atoms with E-state index in [9.17, 15) is 0 Å². The highest BCUT2D eigenvalue weighted by molar-refractivity contribution is 4.80. The van der Waals surface area contributed by atoms with Crippen LogP contribution in [0.3, 0.4) is 0 Å². The Bertz CT molecular complexity index is 112. The minimum Gasteiger partial charge on any atom is -0.396 e. The van der Waals surface area contributed by atoms with Gasteiger partial charge in [0.05, 0.1) is 0 Å². The van der Waals surface area contributed by atoms with E-state index in [0.717, 1.165) is 12.3 Å². The number of rotatable bonds is 2. The fraction of sp³-hybridized carbons (Fsp3) is 1.00. The van der Waals surface area contributed by atoms with Crippen LogP contribution in [0.1, 0.15) is 46.0 Å². The number of aliphatic hydroxyl groups excluding tert-OH is 1. The Morgan fingerprint density at radius 3 is 2.36 bits per heavy atom. The fourth-order valence-electron chi connectivity index (χ4n) is 1.98. The molecule has 1 heteroatoms. The van der Waals surface area contributed by atoms with E-state index in [1.54, 1.807) is 0 Å². The van der Waals surface area contributed by atoms with Crippen LogP contribution < -0.4 is 0 Å². The van der Waals surface area contributed by atoms with Gasteiger partial charge in [-0.05, 0) is 30.6 Å². The van der Waals surface area contributed by atoms with Gasteiger partial charge in [-0.1, -0.05) is 26.7 Å². The molecule has 0 aromatic rings. The molecule has 1 nitrogen and oxygen atoms in total. The third kappa shape index (κ3) is 2.48. The molecule has 0 unspecified atom stereocenters. The van der Waals surface area contributed by atoms with Gasteiger partial charge in [-0.2, -0.15) is 0 Å². The summed E-state index contributed by atoms with van der Waals surface area (Å²) in [6.07, 6.45) is 6.34. The van der Waals surface area contributed by atoms with Crippen molar-refractivity contribution in [3.8, 4) is 0 Å². The summed E-state index contributed by atoms with van der Waals surface area (Å²) < 4.78 is 0. The van der Waals surface area contributed by atoms with E-state index in [1.807, 2.05) is 0 Å². The van der Waals surface area contributed by atoms with Crippen molar-refractivity contribution in [3.05, 3.63) is 0 Å². The lowest BCUT2D eigenvalue weighted by Crippen LogP contribution is -2.24. The Labute approximate surface area is 69.8 Å². The van der Waals surface area contributed by atoms with Crippen molar-refractivity contribution < 1.29 is 5.11 Å². The van der Waals surface area contributed by atoms with Crippen LogP contribution in [0.4, 0.5) is 0 Å². The third-order valence-corrected chi connectivity index (χ3v) is 3.20. The second-order valence-electron chi connectivity index (χ2n) is 4.47. The quantitative estimate of drug-likeness (QED) is 0.651. The van der Waals surface area contributed by atoms with E-state index >= 15 is 0 Å². The Hall–Kier alpha value is -0.0400. The first-order valence-electron chi connectivity index (χ1n) is 4.77. The molecule has 0 bridgehead atoms. The predicted molar refractivity (Wildman–Crippen MR) is 47.4 cm³/mol. The maximum atomic E-state index is 8.85. The highest BCUT2D eigenvalue weighted by Gasteiger charge is 2.28. The zero-order valence-corrected chi connectivity index (χ0v) is 7.77. The molecule has 1 saturated carbocycles. The topological polar surface area (TPSA) is 20.2 Å². The summed E-state index contributed by atoms with van der Waals surface area (Å²) in [6, 6.07) is 0. The predicted octanol–water partition coefficient (Wildman–Crippen LogP) is 2.59. The summed E-state index contributed by atoms with van der Waals surface area (Å²) in [5.74, 6) is 0.918. The van der Waals surface area contributed by atoms with Crippen LogP contribution in [-0.4, -0.2) is 11.7 Å². The second kappa shape index (κ2) is 3.57. The normalized spacial score (nSPS) is 39.0. The number of aliphatic hydroxyl groups is 1. The molecule has 0 amide bonds. The molecule has 1 aliphatic rings. The lowest BCUT2D eigenvalue weighted by Gasteiger charge is -2.35. The van der Waals surface area contributed by atoms with E-state index in [2.05, 4.69) is 13.8 Å². The van der Waals surface area contributed by atoms with Crippen molar-refractivity contribution in [1.29, 1.82) is 0 Å². The van der Waals surface area contributed by atoms with E-state index in [-0.39, 0.29) is 0 Å². The molecular weight excluding hydrogens is 136 g/mol. The zero-order valence-electron chi connectivity index (χ0n) is 7.77. The Morgan fingerprint density at radius 2 is 1.91 bits per heavy atom. The lowest BCUT2D eigenvalue weighted by molar-refractivity contribution is 0.127.